The van der Waals surface area contributed by atoms with Crippen LogP contribution in [-0.2, 0) is 13.2 Å². The molecule has 0 radical (unpaired) electrons. The fourth-order valence-electron chi connectivity index (χ4n) is 3.95. The van der Waals surface area contributed by atoms with Crippen LogP contribution in [0.25, 0.3) is 22.3 Å². The van der Waals surface area contributed by atoms with Crippen molar-refractivity contribution in [2.24, 2.45) is 0 Å². The minimum Gasteiger partial charge on any atom is -0.485 e. The Bertz CT molecular complexity index is 1530. The Labute approximate surface area is 214 Å². The van der Waals surface area contributed by atoms with E-state index in [1.54, 1.807) is 42.5 Å². The minimum atomic E-state index is -0.304. The van der Waals surface area contributed by atoms with E-state index in [0.29, 0.717) is 41.2 Å². The van der Waals surface area contributed by atoms with Crippen LogP contribution in [0.15, 0.2) is 112 Å². The standard InChI is InChI=1S/C31H26O6/c32-17-18-34-31-29(33)25-13-7-8-14-26(25)37-30(31)24-15-16-27(35-20-22-9-3-1-4-10-22)28(19-24)36-21-23-11-5-2-6-12-23/h1-16,19,32H,17-18,20-21H2. The van der Waals surface area contributed by atoms with Gasteiger partial charge in [0.25, 0.3) is 0 Å². The molecule has 0 aliphatic rings. The fourth-order valence-corrected chi connectivity index (χ4v) is 3.95. The second-order valence-corrected chi connectivity index (χ2v) is 8.37. The maximum absolute atomic E-state index is 13.2. The van der Waals surface area contributed by atoms with Crippen LogP contribution in [0.3, 0.4) is 0 Å². The molecule has 186 valence electrons. The van der Waals surface area contributed by atoms with E-state index in [-0.39, 0.29) is 30.2 Å². The van der Waals surface area contributed by atoms with Gasteiger partial charge < -0.3 is 23.7 Å². The molecule has 0 aliphatic carbocycles. The molecule has 6 nitrogen and oxygen atoms in total. The van der Waals surface area contributed by atoms with E-state index in [1.807, 2.05) is 60.7 Å². The maximum Gasteiger partial charge on any atom is 0.235 e. The van der Waals surface area contributed by atoms with Crippen LogP contribution >= 0.6 is 0 Å². The summed E-state index contributed by atoms with van der Waals surface area (Å²) in [5, 5.41) is 9.72. The van der Waals surface area contributed by atoms with Gasteiger partial charge in [-0.25, -0.2) is 0 Å². The highest BCUT2D eigenvalue weighted by Crippen LogP contribution is 2.37. The predicted octanol–water partition coefficient (Wildman–Crippen LogP) is 5.99. The van der Waals surface area contributed by atoms with E-state index >= 15 is 0 Å². The summed E-state index contributed by atoms with van der Waals surface area (Å²) >= 11 is 0. The topological polar surface area (TPSA) is 78.1 Å². The van der Waals surface area contributed by atoms with Gasteiger partial charge in [0, 0.05) is 5.56 Å². The van der Waals surface area contributed by atoms with Crippen molar-refractivity contribution in [1.29, 1.82) is 0 Å². The largest absolute Gasteiger partial charge is 0.485 e. The van der Waals surface area contributed by atoms with Gasteiger partial charge in [0.1, 0.15) is 25.4 Å². The Hall–Kier alpha value is -4.55. The van der Waals surface area contributed by atoms with E-state index in [2.05, 4.69) is 0 Å². The molecular weight excluding hydrogens is 468 g/mol. The maximum atomic E-state index is 13.2. The van der Waals surface area contributed by atoms with Crippen molar-refractivity contribution in [3.63, 3.8) is 0 Å². The summed E-state index contributed by atoms with van der Waals surface area (Å²) in [5.41, 5.74) is 2.76. The summed E-state index contributed by atoms with van der Waals surface area (Å²) in [4.78, 5) is 13.2. The van der Waals surface area contributed by atoms with E-state index in [9.17, 15) is 9.90 Å². The van der Waals surface area contributed by atoms with Crippen LogP contribution in [-0.4, -0.2) is 18.3 Å². The number of rotatable bonds is 10. The highest BCUT2D eigenvalue weighted by atomic mass is 16.5. The Kier molecular flexibility index (Phi) is 7.48. The number of ether oxygens (including phenoxy) is 3. The lowest BCUT2D eigenvalue weighted by molar-refractivity contribution is 0.199. The van der Waals surface area contributed by atoms with Gasteiger partial charge in [-0.15, -0.1) is 0 Å². The molecule has 0 spiro atoms. The third kappa shape index (κ3) is 5.66. The highest BCUT2D eigenvalue weighted by Gasteiger charge is 2.19. The lowest BCUT2D eigenvalue weighted by Gasteiger charge is -2.16. The van der Waals surface area contributed by atoms with E-state index < -0.39 is 0 Å². The van der Waals surface area contributed by atoms with Crippen LogP contribution in [0.2, 0.25) is 0 Å². The van der Waals surface area contributed by atoms with Crippen molar-refractivity contribution in [1.82, 2.24) is 0 Å². The number of hydrogen-bond donors (Lipinski definition) is 1. The molecule has 0 amide bonds. The molecule has 0 unspecified atom stereocenters. The number of fused-ring (bicyclic) bond motifs is 1. The van der Waals surface area contributed by atoms with Crippen molar-refractivity contribution in [2.75, 3.05) is 13.2 Å². The molecule has 0 aliphatic heterocycles. The Morgan fingerprint density at radius 1 is 0.676 bits per heavy atom. The van der Waals surface area contributed by atoms with Gasteiger partial charge in [0.05, 0.1) is 12.0 Å². The molecule has 37 heavy (non-hydrogen) atoms. The summed E-state index contributed by atoms with van der Waals surface area (Å²) in [7, 11) is 0. The first-order chi connectivity index (χ1) is 18.2. The highest BCUT2D eigenvalue weighted by molar-refractivity contribution is 5.82. The van der Waals surface area contributed by atoms with E-state index in [0.717, 1.165) is 11.1 Å². The molecule has 1 N–H and O–H groups in total. The van der Waals surface area contributed by atoms with E-state index in [1.165, 1.54) is 0 Å². The van der Waals surface area contributed by atoms with E-state index in [4.69, 9.17) is 18.6 Å². The van der Waals surface area contributed by atoms with Crippen molar-refractivity contribution in [3.05, 3.63) is 124 Å². The first-order valence-electron chi connectivity index (χ1n) is 12.0. The second kappa shape index (κ2) is 11.5. The molecule has 0 atom stereocenters. The quantitative estimate of drug-likeness (QED) is 0.257. The molecule has 5 aromatic rings. The smallest absolute Gasteiger partial charge is 0.235 e. The van der Waals surface area contributed by atoms with Gasteiger partial charge in [-0.2, -0.15) is 0 Å². The lowest BCUT2D eigenvalue weighted by atomic mass is 10.1. The van der Waals surface area contributed by atoms with Gasteiger partial charge >= 0.3 is 0 Å². The molecule has 0 saturated carbocycles. The molecular formula is C31H26O6. The van der Waals surface area contributed by atoms with Gasteiger partial charge in [0.2, 0.25) is 11.2 Å². The molecule has 0 saturated heterocycles. The summed E-state index contributed by atoms with van der Waals surface area (Å²) in [6, 6.07) is 32.1. The summed E-state index contributed by atoms with van der Waals surface area (Å²) in [5.74, 6) is 1.36. The van der Waals surface area contributed by atoms with Gasteiger partial charge in [0.15, 0.2) is 17.3 Å². The Morgan fingerprint density at radius 3 is 1.97 bits per heavy atom. The third-order valence-corrected chi connectivity index (χ3v) is 5.77. The molecule has 0 bridgehead atoms. The molecule has 5 rings (SSSR count). The number of aliphatic hydroxyl groups excluding tert-OH is 1. The molecule has 1 heterocycles. The average molecular weight is 495 g/mol. The SMILES string of the molecule is O=c1c(OCCO)c(-c2ccc(OCc3ccccc3)c(OCc3ccccc3)c2)oc2ccccc12. The number of aliphatic hydroxyl groups is 1. The van der Waals surface area contributed by atoms with Gasteiger partial charge in [-0.05, 0) is 41.5 Å². The summed E-state index contributed by atoms with van der Waals surface area (Å²) in [6.45, 7) is 0.439. The van der Waals surface area contributed by atoms with Gasteiger partial charge in [-0.1, -0.05) is 72.8 Å². The lowest BCUT2D eigenvalue weighted by Crippen LogP contribution is -2.13. The summed E-state index contributed by atoms with van der Waals surface area (Å²) in [6.07, 6.45) is 0. The van der Waals surface area contributed by atoms with Crippen LogP contribution in [0.4, 0.5) is 0 Å². The molecule has 4 aromatic carbocycles. The molecule has 0 fully saturated rings. The van der Waals surface area contributed by atoms with Crippen molar-refractivity contribution in [2.45, 2.75) is 13.2 Å². The fraction of sp³-hybridized carbons (Fsp3) is 0.129. The molecule has 6 heteroatoms. The van der Waals surface area contributed by atoms with Crippen LogP contribution in [0, 0.1) is 0 Å². The number of benzene rings is 4. The van der Waals surface area contributed by atoms with Crippen molar-refractivity contribution in [3.8, 4) is 28.6 Å². The van der Waals surface area contributed by atoms with Crippen LogP contribution in [0.5, 0.6) is 17.2 Å². The number of para-hydroxylation sites is 1. The Balaban J connectivity index is 1.55. The zero-order valence-electron chi connectivity index (χ0n) is 20.1. The zero-order chi connectivity index (χ0) is 25.5. The average Bonchev–Trinajstić information content (AvgIpc) is 2.96. The first-order valence-corrected chi connectivity index (χ1v) is 12.0. The first kappa shape index (κ1) is 24.2. The molecule has 1 aromatic heterocycles. The minimum absolute atomic E-state index is 0.0360. The Morgan fingerprint density at radius 2 is 1.30 bits per heavy atom. The van der Waals surface area contributed by atoms with Crippen LogP contribution < -0.4 is 19.6 Å². The van der Waals surface area contributed by atoms with Gasteiger partial charge in [-0.3, -0.25) is 4.79 Å². The van der Waals surface area contributed by atoms with Crippen molar-refractivity contribution >= 4 is 11.0 Å². The monoisotopic (exact) mass is 494 g/mol. The normalized spacial score (nSPS) is 10.8. The van der Waals surface area contributed by atoms with Crippen LogP contribution in [0.1, 0.15) is 11.1 Å². The second-order valence-electron chi connectivity index (χ2n) is 8.37. The van der Waals surface area contributed by atoms with Crippen molar-refractivity contribution < 1.29 is 23.7 Å². The zero-order valence-corrected chi connectivity index (χ0v) is 20.1. The third-order valence-electron chi connectivity index (χ3n) is 5.77. The predicted molar refractivity (Wildman–Crippen MR) is 142 cm³/mol. The number of hydrogen-bond acceptors (Lipinski definition) is 6. The summed E-state index contributed by atoms with van der Waals surface area (Å²) < 4.78 is 24.1.